The molecule has 3 heterocycles. The molecule has 0 radical (unpaired) electrons. The summed E-state index contributed by atoms with van der Waals surface area (Å²) in [6.07, 6.45) is -0.282. The van der Waals surface area contributed by atoms with Crippen molar-refractivity contribution in [3.05, 3.63) is 22.6 Å². The largest absolute Gasteiger partial charge is 0.444 e. The number of carbonyl (C=O) groups excluding carboxylic acids is 1. The molecule has 8 heteroatoms. The van der Waals surface area contributed by atoms with Crippen LogP contribution in [0.25, 0.3) is 11.2 Å². The Balaban J connectivity index is 1.65. The van der Waals surface area contributed by atoms with E-state index in [9.17, 15) is 9.59 Å². The molecule has 124 valence electrons. The summed E-state index contributed by atoms with van der Waals surface area (Å²) < 4.78 is 5.39. The van der Waals surface area contributed by atoms with E-state index >= 15 is 0 Å². The maximum absolute atomic E-state index is 12.1. The second-order valence-electron chi connectivity index (χ2n) is 6.60. The highest BCUT2D eigenvalue weighted by Crippen LogP contribution is 2.18. The Morgan fingerprint density at radius 3 is 2.52 bits per heavy atom. The fourth-order valence-electron chi connectivity index (χ4n) is 2.53. The average Bonchev–Trinajstić information content (AvgIpc) is 2.84. The number of aromatic nitrogens is 3. The van der Waals surface area contributed by atoms with E-state index in [0.29, 0.717) is 37.3 Å². The van der Waals surface area contributed by atoms with Gasteiger partial charge in [-0.3, -0.25) is 4.98 Å². The molecule has 1 aliphatic heterocycles. The molecule has 0 spiro atoms. The molecule has 1 fully saturated rings. The average molecular weight is 319 g/mol. The smallest absolute Gasteiger partial charge is 0.410 e. The Bertz CT molecular complexity index is 765. The molecule has 2 aromatic rings. The van der Waals surface area contributed by atoms with E-state index in [1.54, 1.807) is 4.90 Å². The van der Waals surface area contributed by atoms with E-state index < -0.39 is 5.60 Å². The molecule has 0 unspecified atom stereocenters. The van der Waals surface area contributed by atoms with E-state index in [-0.39, 0.29) is 11.8 Å². The maximum Gasteiger partial charge on any atom is 0.410 e. The van der Waals surface area contributed by atoms with Crippen molar-refractivity contribution in [2.24, 2.45) is 0 Å². The minimum Gasteiger partial charge on any atom is -0.444 e. The van der Waals surface area contributed by atoms with Crippen molar-refractivity contribution in [3.8, 4) is 0 Å². The number of rotatable bonds is 1. The lowest BCUT2D eigenvalue weighted by atomic mass is 10.2. The first kappa shape index (κ1) is 15.4. The fourth-order valence-corrected chi connectivity index (χ4v) is 2.53. The van der Waals surface area contributed by atoms with Gasteiger partial charge in [0.1, 0.15) is 11.4 Å². The molecule has 1 saturated heterocycles. The van der Waals surface area contributed by atoms with Gasteiger partial charge in [0.15, 0.2) is 5.65 Å². The number of pyridine rings is 1. The van der Waals surface area contributed by atoms with Crippen molar-refractivity contribution < 1.29 is 9.53 Å². The second kappa shape index (κ2) is 5.60. The van der Waals surface area contributed by atoms with Crippen molar-refractivity contribution in [3.63, 3.8) is 0 Å². The summed E-state index contributed by atoms with van der Waals surface area (Å²) in [4.78, 5) is 36.9. The Labute approximate surface area is 133 Å². The predicted octanol–water partition coefficient (Wildman–Crippen LogP) is 1.31. The SMILES string of the molecule is CC(C)(C)OC(=O)N1CCN(c2ccc3[nH]c(=O)[nH]c3n2)CC1. The lowest BCUT2D eigenvalue weighted by Gasteiger charge is -2.36. The first-order chi connectivity index (χ1) is 10.8. The van der Waals surface area contributed by atoms with E-state index in [1.165, 1.54) is 0 Å². The molecule has 0 aliphatic carbocycles. The van der Waals surface area contributed by atoms with Gasteiger partial charge in [-0.15, -0.1) is 0 Å². The number of aromatic amines is 2. The quantitative estimate of drug-likeness (QED) is 0.826. The van der Waals surface area contributed by atoms with Gasteiger partial charge in [-0.25, -0.2) is 14.6 Å². The van der Waals surface area contributed by atoms with Gasteiger partial charge >= 0.3 is 11.8 Å². The van der Waals surface area contributed by atoms with Gasteiger partial charge < -0.3 is 19.5 Å². The number of H-pyrrole nitrogens is 2. The van der Waals surface area contributed by atoms with Crippen molar-refractivity contribution in [1.29, 1.82) is 0 Å². The predicted molar refractivity (Wildman–Crippen MR) is 86.7 cm³/mol. The van der Waals surface area contributed by atoms with Crippen LogP contribution in [-0.4, -0.2) is 57.7 Å². The summed E-state index contributed by atoms with van der Waals surface area (Å²) in [6.45, 7) is 8.09. The number of fused-ring (bicyclic) bond motifs is 1. The molecule has 0 atom stereocenters. The van der Waals surface area contributed by atoms with Crippen LogP contribution in [0.4, 0.5) is 10.6 Å². The van der Waals surface area contributed by atoms with Crippen molar-refractivity contribution in [2.75, 3.05) is 31.1 Å². The topological polar surface area (TPSA) is 94.3 Å². The number of carbonyl (C=O) groups is 1. The molecule has 8 nitrogen and oxygen atoms in total. The number of anilines is 1. The van der Waals surface area contributed by atoms with Crippen molar-refractivity contribution in [2.45, 2.75) is 26.4 Å². The number of piperazine rings is 1. The monoisotopic (exact) mass is 319 g/mol. The Morgan fingerprint density at radius 2 is 1.87 bits per heavy atom. The highest BCUT2D eigenvalue weighted by atomic mass is 16.6. The molecule has 0 aromatic carbocycles. The molecule has 0 bridgehead atoms. The third-order valence-corrected chi connectivity index (χ3v) is 3.62. The number of nitrogens with one attached hydrogen (secondary N) is 2. The summed E-state index contributed by atoms with van der Waals surface area (Å²) in [5.74, 6) is 0.789. The molecule has 23 heavy (non-hydrogen) atoms. The van der Waals surface area contributed by atoms with Crippen LogP contribution >= 0.6 is 0 Å². The van der Waals surface area contributed by atoms with Crippen LogP contribution in [-0.2, 0) is 4.74 Å². The lowest BCUT2D eigenvalue weighted by Crippen LogP contribution is -2.50. The van der Waals surface area contributed by atoms with E-state index in [2.05, 4.69) is 19.9 Å². The number of hydrogen-bond acceptors (Lipinski definition) is 5. The van der Waals surface area contributed by atoms with Gasteiger partial charge in [0.25, 0.3) is 0 Å². The molecule has 1 aliphatic rings. The van der Waals surface area contributed by atoms with Gasteiger partial charge in [-0.1, -0.05) is 0 Å². The zero-order valence-corrected chi connectivity index (χ0v) is 13.5. The summed E-state index contributed by atoms with van der Waals surface area (Å²) in [7, 11) is 0. The third-order valence-electron chi connectivity index (χ3n) is 3.62. The number of hydrogen-bond donors (Lipinski definition) is 2. The molecule has 3 rings (SSSR count). The van der Waals surface area contributed by atoms with E-state index in [1.807, 2.05) is 32.9 Å². The summed E-state index contributed by atoms with van der Waals surface area (Å²) in [6, 6.07) is 3.70. The fraction of sp³-hybridized carbons (Fsp3) is 0.533. The highest BCUT2D eigenvalue weighted by molar-refractivity contribution is 5.72. The number of nitrogens with zero attached hydrogens (tertiary/aromatic N) is 3. The van der Waals surface area contributed by atoms with Gasteiger partial charge in [-0.05, 0) is 32.9 Å². The standard InChI is InChI=1S/C15H21N5O3/c1-15(2,3)23-14(22)20-8-6-19(7-9-20)11-5-4-10-12(17-11)18-13(21)16-10/h4-5H,6-9H2,1-3H3,(H2,16,17,18,21). The first-order valence-corrected chi connectivity index (χ1v) is 7.64. The maximum atomic E-state index is 12.1. The Morgan fingerprint density at radius 1 is 1.17 bits per heavy atom. The van der Waals surface area contributed by atoms with Crippen LogP contribution in [0.15, 0.2) is 16.9 Å². The van der Waals surface area contributed by atoms with E-state index in [0.717, 1.165) is 5.82 Å². The van der Waals surface area contributed by atoms with Crippen LogP contribution < -0.4 is 10.6 Å². The second-order valence-corrected chi connectivity index (χ2v) is 6.60. The van der Waals surface area contributed by atoms with E-state index in [4.69, 9.17) is 4.74 Å². The summed E-state index contributed by atoms with van der Waals surface area (Å²) in [5.41, 5.74) is 0.480. The zero-order valence-electron chi connectivity index (χ0n) is 13.5. The van der Waals surface area contributed by atoms with Crippen LogP contribution in [0.5, 0.6) is 0 Å². The van der Waals surface area contributed by atoms with Gasteiger partial charge in [-0.2, -0.15) is 0 Å². The number of imidazole rings is 1. The van der Waals surface area contributed by atoms with Crippen LogP contribution in [0, 0.1) is 0 Å². The van der Waals surface area contributed by atoms with Crippen molar-refractivity contribution in [1.82, 2.24) is 19.9 Å². The van der Waals surface area contributed by atoms with Gasteiger partial charge in [0.2, 0.25) is 0 Å². The van der Waals surface area contributed by atoms with Gasteiger partial charge in [0, 0.05) is 26.2 Å². The van der Waals surface area contributed by atoms with Gasteiger partial charge in [0.05, 0.1) is 5.52 Å². The molecule has 0 saturated carbocycles. The Hall–Kier alpha value is -2.51. The van der Waals surface area contributed by atoms with Crippen molar-refractivity contribution >= 4 is 23.1 Å². The number of amides is 1. The highest BCUT2D eigenvalue weighted by Gasteiger charge is 2.26. The lowest BCUT2D eigenvalue weighted by molar-refractivity contribution is 0.0240. The van der Waals surface area contributed by atoms with Crippen LogP contribution in [0.3, 0.4) is 0 Å². The third kappa shape index (κ3) is 3.46. The molecule has 2 aromatic heterocycles. The zero-order chi connectivity index (χ0) is 16.6. The minimum absolute atomic E-state index is 0.264. The normalized spacial score (nSPS) is 16.0. The molecule has 1 amide bonds. The Kier molecular flexibility index (Phi) is 3.75. The van der Waals surface area contributed by atoms with Crippen LogP contribution in [0.2, 0.25) is 0 Å². The summed E-state index contributed by atoms with van der Waals surface area (Å²) in [5, 5.41) is 0. The minimum atomic E-state index is -0.485. The van der Waals surface area contributed by atoms with Crippen LogP contribution in [0.1, 0.15) is 20.8 Å². The number of ether oxygens (including phenoxy) is 1. The molecular weight excluding hydrogens is 298 g/mol. The first-order valence-electron chi connectivity index (χ1n) is 7.64. The molecular formula is C15H21N5O3. The summed E-state index contributed by atoms with van der Waals surface area (Å²) >= 11 is 0. The molecule has 2 N–H and O–H groups in total.